The maximum atomic E-state index is 14.5. The van der Waals surface area contributed by atoms with Crippen molar-refractivity contribution in [2.24, 2.45) is 57.2 Å². The first-order chi connectivity index (χ1) is 70.6. The number of ketones is 2. The van der Waals surface area contributed by atoms with E-state index >= 15 is 0 Å². The second-order valence-electron chi connectivity index (χ2n) is 45.2. The highest BCUT2D eigenvalue weighted by atomic mass is 32.2. The van der Waals surface area contributed by atoms with Crippen molar-refractivity contribution in [3.63, 3.8) is 0 Å². The third-order valence-electron chi connectivity index (χ3n) is 31.0. The Labute approximate surface area is 870 Å². The second-order valence-corrected chi connectivity index (χ2v) is 51.1. The molecule has 12 aliphatic rings. The molecule has 9 fully saturated rings. The summed E-state index contributed by atoms with van der Waals surface area (Å²) in [6.07, 6.45) is 28.6. The Morgan fingerprint density at radius 1 is 0.483 bits per heavy atom. The van der Waals surface area contributed by atoms with Crippen LogP contribution < -0.4 is 49.1 Å². The third-order valence-corrected chi connectivity index (χ3v) is 36.4. The summed E-state index contributed by atoms with van der Waals surface area (Å²) in [7, 11) is -9.98. The van der Waals surface area contributed by atoms with Crippen LogP contribution in [0.2, 0.25) is 0 Å². The lowest BCUT2D eigenvalue weighted by atomic mass is 9.76. The van der Waals surface area contributed by atoms with Crippen LogP contribution in [0.15, 0.2) is 142 Å². The average molecular weight is 2100 g/mol. The molecule has 6 aliphatic heterocycles. The molecule has 3 aromatic carbocycles. The molecule has 3 saturated heterocycles. The standard InChI is InChI=1S/C37H46N4O9S.2C37H46N4O7S/c1-6-24-20-37(24,35(45)40-51(46,47)26-11-12-26)39-32(43)29-18-25-21-41(29)34(44)28(36(2,3)4)19-31(42)49-15-9-7-8-10-23-16-27-22(17-30(23)48-5)13-14-38-33(27)50-25;1-5-25-20-37(25,35(45)40-49(46,47)27-12-13-27)21-31(42)30-18-26-22-41(30)34(44)29(36(2,3)4)19-32(43)38-15-8-6-7-9-23-10-11-24-14-16-39-33(48-26)28(24)17-23;1-5-25-21-37(25,35(45)40-49(46,47)28-14-15-28)39-32(43)31-20-27-22-41(31)34(44)30(36(2,3)4)19-26(42)11-9-7-6-8-10-23-12-13-24-16-17-38-33(48-27)29(24)18-23/h6,8,10,13-14,16-17,24-26,28-29H,1,7,9,11-12,15,18-21H2,2-5H3,(H,39,43)(H,40,45);5,7,9-11,14,16-17,25-27,29-30H,1,6,8,12-13,15,18-22H2,2-4H3,(H,38,43)(H,40,45);5,8,10,12-13,16-18,25,27-28,30-31H,1,6-7,9,11,14-15,19-22H2,2-4H3,(H,39,43)(H,40,45)/b10-8+;9-7+;10-8+/t24-,25-,28-,29+,37-;25-,26-,29-,30+,37-;25-,27-,30-,31+,37-/m111/s1. The van der Waals surface area contributed by atoms with Crippen molar-refractivity contribution < 1.29 is 106 Å². The van der Waals surface area contributed by atoms with Gasteiger partial charge in [-0.1, -0.05) is 141 Å². The number of Topliss-reactive ketones (excluding diaryl/α,β-unsaturated/α-hetero) is 2. The fourth-order valence-corrected chi connectivity index (χ4v) is 25.2. The third kappa shape index (κ3) is 25.0. The van der Waals surface area contributed by atoms with E-state index in [1.807, 2.05) is 153 Å². The summed E-state index contributed by atoms with van der Waals surface area (Å²) in [5, 5.41) is 11.8. The number of sulfonamides is 3. The molecule has 3 aromatic heterocycles. The number of carbonyl (C=O) groups excluding carboxylic acids is 12. The van der Waals surface area contributed by atoms with E-state index in [0.717, 1.165) is 69.3 Å². The minimum absolute atomic E-state index is 0.000325. The fourth-order valence-electron chi connectivity index (χ4n) is 21.1. The predicted octanol–water partition coefficient (Wildman–Crippen LogP) is 12.4. The number of hydrogen-bond donors (Lipinski definition) is 6. The number of nitrogens with zero attached hydrogens (tertiary/aromatic N) is 6. The monoisotopic (exact) mass is 2100 g/mol. The summed E-state index contributed by atoms with van der Waals surface area (Å²) in [4.78, 5) is 184. The maximum absolute atomic E-state index is 14.5. The molecule has 0 radical (unpaired) electrons. The van der Waals surface area contributed by atoms with Crippen molar-refractivity contribution in [2.75, 3.05) is 39.9 Å². The number of benzene rings is 3. The van der Waals surface area contributed by atoms with Crippen LogP contribution in [-0.4, -0.2) is 229 Å². The van der Waals surface area contributed by atoms with E-state index in [-0.39, 0.29) is 126 Å². The molecule has 12 bridgehead atoms. The normalized spacial score (nSPS) is 28.3. The first kappa shape index (κ1) is 109. The zero-order valence-corrected chi connectivity index (χ0v) is 88.8. The van der Waals surface area contributed by atoms with Crippen LogP contribution in [-0.2, 0) is 92.3 Å². The number of methoxy groups -OCH3 is 1. The topological polar surface area (TPSA) is 474 Å². The number of pyridine rings is 3. The van der Waals surface area contributed by atoms with Gasteiger partial charge >= 0.3 is 5.97 Å². The van der Waals surface area contributed by atoms with Gasteiger partial charge in [-0.15, -0.1) is 19.7 Å². The van der Waals surface area contributed by atoms with Gasteiger partial charge in [-0.3, -0.25) is 71.7 Å². The van der Waals surface area contributed by atoms with Crippen LogP contribution >= 0.6 is 0 Å². The molecule has 0 unspecified atom stereocenters. The summed E-state index contributed by atoms with van der Waals surface area (Å²) >= 11 is 0. The SMILES string of the molecule is C=C[C@@H]1C[C@]1(CC(=O)[C@@H]1C[C@@H]2CN1C(=O)[C@H](C(C)(C)C)CC(=O)NCCC/C=C/c1ccc3ccnc(c3c1)O2)C(=O)NS(=O)(=O)C1CC1.C=C[C@@H]1C[C@]1(NC(=O)[C@@H]1C[C@@H]2CN1C(=O)[C@H](C(C)(C)C)CC(=O)CCCC/C=C/c1ccc3ccnc(c3c1)O2)C(=O)NS(=O)(=O)C1CC1.C=C[C@@H]1C[C@]1(NC(=O)[C@@H]1C[C@@H]2CN1C(=O)[C@H](C(C)(C)C)CC(=O)OCCC/C=C/c1cc3c(nccc3cc1OC)O2)C(=O)NS(=O)(=O)C1CC1. The van der Waals surface area contributed by atoms with Gasteiger partial charge in [0.25, 0.3) is 11.8 Å². The Hall–Kier alpha value is -12.6. The Morgan fingerprint density at radius 3 is 1.34 bits per heavy atom. The quantitative estimate of drug-likeness (QED) is 0.0305. The van der Waals surface area contributed by atoms with Gasteiger partial charge in [0.05, 0.1) is 78.8 Å². The molecule has 6 aliphatic carbocycles. The smallest absolute Gasteiger partial charge is 0.306 e. The van der Waals surface area contributed by atoms with Gasteiger partial charge < -0.3 is 54.3 Å². The zero-order valence-electron chi connectivity index (χ0n) is 86.4. The van der Waals surface area contributed by atoms with Crippen LogP contribution in [0.4, 0.5) is 0 Å². The molecule has 798 valence electrons. The van der Waals surface area contributed by atoms with Gasteiger partial charge in [-0.2, -0.15) is 0 Å². The summed E-state index contributed by atoms with van der Waals surface area (Å²) in [6.45, 7) is 29.1. The molecule has 9 amide bonds. The summed E-state index contributed by atoms with van der Waals surface area (Å²) < 4.78 is 113. The lowest BCUT2D eigenvalue weighted by Crippen LogP contribution is -2.57. The van der Waals surface area contributed by atoms with Gasteiger partial charge in [0.2, 0.25) is 89.1 Å². The molecular weight excluding hydrogens is 1970 g/mol. The minimum atomic E-state index is -3.89. The number of ether oxygens (including phenoxy) is 5. The molecule has 18 rings (SSSR count). The highest BCUT2D eigenvalue weighted by Gasteiger charge is 2.66. The minimum Gasteiger partial charge on any atom is -0.496 e. The Morgan fingerprint density at radius 2 is 0.899 bits per heavy atom. The molecule has 6 aromatic rings. The molecular formula is C111H138N12O23S3. The van der Waals surface area contributed by atoms with Gasteiger partial charge in [-0.05, 0) is 195 Å². The number of carbonyl (C=O) groups is 12. The Bertz CT molecular complexity index is 6510. The van der Waals surface area contributed by atoms with Crippen molar-refractivity contribution in [2.45, 2.75) is 280 Å². The van der Waals surface area contributed by atoms with Crippen LogP contribution in [0.5, 0.6) is 23.4 Å². The van der Waals surface area contributed by atoms with E-state index in [4.69, 9.17) is 23.7 Å². The van der Waals surface area contributed by atoms with Crippen molar-refractivity contribution in [3.8, 4) is 23.4 Å². The van der Waals surface area contributed by atoms with Crippen LogP contribution in [0, 0.1) is 57.2 Å². The van der Waals surface area contributed by atoms with Crippen LogP contribution in [0.1, 0.15) is 233 Å². The molecule has 6 saturated carbocycles. The number of hydrogen-bond acceptors (Lipinski definition) is 26. The molecule has 0 spiro atoms. The summed E-state index contributed by atoms with van der Waals surface area (Å²) in [5.74, 6) is -7.69. The van der Waals surface area contributed by atoms with Gasteiger partial charge in [-0.25, -0.2) is 40.2 Å². The molecule has 35 nitrogen and oxygen atoms in total. The zero-order chi connectivity index (χ0) is 107. The highest BCUT2D eigenvalue weighted by Crippen LogP contribution is 2.58. The molecule has 149 heavy (non-hydrogen) atoms. The van der Waals surface area contributed by atoms with E-state index < -0.39 is 186 Å². The Balaban J connectivity index is 0.000000159. The summed E-state index contributed by atoms with van der Waals surface area (Å²) in [6, 6.07) is 18.4. The van der Waals surface area contributed by atoms with Crippen molar-refractivity contribution >= 4 is 151 Å². The van der Waals surface area contributed by atoms with Crippen molar-refractivity contribution in [1.29, 1.82) is 0 Å². The van der Waals surface area contributed by atoms with E-state index in [0.29, 0.717) is 99.5 Å². The van der Waals surface area contributed by atoms with Gasteiger partial charge in [0, 0.05) is 110 Å². The number of amides is 9. The van der Waals surface area contributed by atoms with Crippen molar-refractivity contribution in [1.82, 2.24) is 59.8 Å². The predicted molar refractivity (Wildman–Crippen MR) is 560 cm³/mol. The Kier molecular flexibility index (Phi) is 32.1. The van der Waals surface area contributed by atoms with Gasteiger partial charge in [0.15, 0.2) is 5.78 Å². The van der Waals surface area contributed by atoms with E-state index in [9.17, 15) is 82.8 Å². The van der Waals surface area contributed by atoms with E-state index in [2.05, 4.69) is 77.0 Å². The largest absolute Gasteiger partial charge is 0.496 e. The first-order valence-electron chi connectivity index (χ1n) is 51.9. The lowest BCUT2D eigenvalue weighted by molar-refractivity contribution is -0.153. The average Bonchev–Trinajstić information content (AvgIpc) is 1.58. The maximum Gasteiger partial charge on any atom is 0.306 e. The van der Waals surface area contributed by atoms with Crippen LogP contribution in [0.25, 0.3) is 50.5 Å². The molecule has 9 heterocycles. The number of fused-ring (bicyclic) bond motifs is 9. The lowest BCUT2D eigenvalue weighted by Gasteiger charge is -2.35. The number of allylic oxidation sites excluding steroid dienone is 4. The molecule has 38 heteroatoms. The number of aromatic nitrogens is 3. The molecule has 6 N–H and O–H groups in total. The number of cyclic esters (lactones) is 1. The van der Waals surface area contributed by atoms with E-state index in [1.54, 1.807) is 31.8 Å². The summed E-state index contributed by atoms with van der Waals surface area (Å²) in [5.41, 5.74) is -3.44. The highest BCUT2D eigenvalue weighted by molar-refractivity contribution is 7.91. The van der Waals surface area contributed by atoms with Crippen LogP contribution in [0.3, 0.4) is 0 Å². The number of nitrogens with one attached hydrogen (secondary N) is 6. The second kappa shape index (κ2) is 43.8. The first-order valence-corrected chi connectivity index (χ1v) is 56.6. The van der Waals surface area contributed by atoms with Gasteiger partial charge in [0.1, 0.15) is 53.0 Å². The van der Waals surface area contributed by atoms with Crippen molar-refractivity contribution in [3.05, 3.63) is 158 Å². The fraction of sp³-hybridized carbons (Fsp3) is 0.541. The van der Waals surface area contributed by atoms with E-state index in [1.165, 1.54) is 26.9 Å². The molecule has 15 atom stereocenters. The number of esters is 1. The number of rotatable bonds is 20.